The quantitative estimate of drug-likeness (QED) is 0.634. The lowest BCUT2D eigenvalue weighted by Crippen LogP contribution is -2.51. The van der Waals surface area contributed by atoms with Crippen molar-refractivity contribution in [3.8, 4) is 11.1 Å². The zero-order chi connectivity index (χ0) is 24.5. The molecule has 5 rings (SSSR count). The van der Waals surface area contributed by atoms with Gasteiger partial charge in [-0.1, -0.05) is 60.7 Å². The Bertz CT molecular complexity index is 1130. The summed E-state index contributed by atoms with van der Waals surface area (Å²) in [4.78, 5) is 38.9. The minimum absolute atomic E-state index is 0.00985. The molecule has 0 bridgehead atoms. The Morgan fingerprint density at radius 2 is 1.69 bits per heavy atom. The smallest absolute Gasteiger partial charge is 0.407 e. The Morgan fingerprint density at radius 1 is 1.03 bits per heavy atom. The van der Waals surface area contributed by atoms with Crippen molar-refractivity contribution >= 4 is 18.0 Å². The number of ether oxygens (including phenoxy) is 1. The molecule has 0 radical (unpaired) electrons. The Balaban J connectivity index is 1.16. The Morgan fingerprint density at radius 3 is 2.34 bits per heavy atom. The number of carbonyl (C=O) groups excluding carboxylic acids is 2. The summed E-state index contributed by atoms with van der Waals surface area (Å²) in [5.41, 5.74) is 4.66. The molecule has 1 aliphatic heterocycles. The van der Waals surface area contributed by atoms with E-state index in [2.05, 4.69) is 29.6 Å². The monoisotopic (exact) mass is 474 g/mol. The average molecular weight is 475 g/mol. The Hall–Kier alpha value is -3.61. The minimum atomic E-state index is -0.855. The lowest BCUT2D eigenvalue weighted by atomic mass is 9.89. The van der Waals surface area contributed by atoms with E-state index < -0.39 is 18.0 Å². The third-order valence-corrected chi connectivity index (χ3v) is 7.64. The van der Waals surface area contributed by atoms with Gasteiger partial charge in [-0.05, 0) is 48.4 Å². The van der Waals surface area contributed by atoms with E-state index in [1.165, 1.54) is 11.1 Å². The number of nitrogens with zero attached hydrogens (tertiary/aromatic N) is 1. The van der Waals surface area contributed by atoms with E-state index in [1.54, 1.807) is 11.8 Å². The predicted molar refractivity (Wildman–Crippen MR) is 131 cm³/mol. The number of likely N-dealkylation sites (tertiary alicyclic amines) is 1. The van der Waals surface area contributed by atoms with Crippen molar-refractivity contribution in [1.29, 1.82) is 0 Å². The SMILES string of the molecule is CC1C(C(=O)O)CCCN1C(=O)C1C=CC(NC(=O)OCC2c3ccccc3-c3ccccc32)C1. The number of carboxylic acid groups (broad SMARTS) is 1. The highest BCUT2D eigenvalue weighted by Crippen LogP contribution is 2.44. The van der Waals surface area contributed by atoms with Crippen LogP contribution < -0.4 is 5.32 Å². The summed E-state index contributed by atoms with van der Waals surface area (Å²) in [7, 11) is 0. The minimum Gasteiger partial charge on any atom is -0.481 e. The third-order valence-electron chi connectivity index (χ3n) is 7.64. The van der Waals surface area contributed by atoms with Gasteiger partial charge in [0.1, 0.15) is 6.61 Å². The van der Waals surface area contributed by atoms with E-state index in [4.69, 9.17) is 4.74 Å². The number of amides is 2. The van der Waals surface area contributed by atoms with E-state index in [1.807, 2.05) is 36.4 Å². The van der Waals surface area contributed by atoms with Crippen molar-refractivity contribution in [2.45, 2.75) is 44.2 Å². The Kier molecular flexibility index (Phi) is 6.32. The summed E-state index contributed by atoms with van der Waals surface area (Å²) in [6.45, 7) is 2.61. The molecule has 2 aromatic carbocycles. The van der Waals surface area contributed by atoms with Gasteiger partial charge in [-0.2, -0.15) is 0 Å². The van der Waals surface area contributed by atoms with Crippen LogP contribution >= 0.6 is 0 Å². The summed E-state index contributed by atoms with van der Waals surface area (Å²) < 4.78 is 5.63. The first kappa shape index (κ1) is 23.1. The summed E-state index contributed by atoms with van der Waals surface area (Å²) >= 11 is 0. The second-order valence-electron chi connectivity index (χ2n) is 9.66. The van der Waals surface area contributed by atoms with Crippen molar-refractivity contribution in [3.05, 3.63) is 71.8 Å². The molecule has 35 heavy (non-hydrogen) atoms. The molecule has 0 saturated carbocycles. The lowest BCUT2D eigenvalue weighted by molar-refractivity contribution is -0.150. The second kappa shape index (κ2) is 9.56. The van der Waals surface area contributed by atoms with Gasteiger partial charge >= 0.3 is 12.1 Å². The summed E-state index contributed by atoms with van der Waals surface area (Å²) in [6, 6.07) is 15.7. The van der Waals surface area contributed by atoms with Crippen molar-refractivity contribution in [2.75, 3.05) is 13.2 Å². The lowest BCUT2D eigenvalue weighted by Gasteiger charge is -2.38. The number of alkyl carbamates (subject to hydrolysis) is 1. The molecule has 1 heterocycles. The highest BCUT2D eigenvalue weighted by Gasteiger charge is 2.38. The molecule has 2 aromatic rings. The first-order valence-electron chi connectivity index (χ1n) is 12.3. The number of piperidine rings is 1. The molecule has 3 aliphatic rings. The number of carboxylic acids is 1. The van der Waals surface area contributed by atoms with E-state index in [-0.39, 0.29) is 36.4 Å². The van der Waals surface area contributed by atoms with E-state index in [9.17, 15) is 19.5 Å². The van der Waals surface area contributed by atoms with Gasteiger partial charge in [0, 0.05) is 18.5 Å². The van der Waals surface area contributed by atoms with Gasteiger partial charge in [-0.25, -0.2) is 4.79 Å². The molecule has 1 fully saturated rings. The maximum atomic E-state index is 13.1. The first-order chi connectivity index (χ1) is 16.9. The zero-order valence-corrected chi connectivity index (χ0v) is 19.7. The zero-order valence-electron chi connectivity index (χ0n) is 19.7. The maximum absolute atomic E-state index is 13.1. The van der Waals surface area contributed by atoms with E-state index >= 15 is 0 Å². The fraction of sp³-hybridized carbons (Fsp3) is 0.393. The molecule has 2 amide bonds. The molecule has 7 nitrogen and oxygen atoms in total. The van der Waals surface area contributed by atoms with Gasteiger partial charge in [0.15, 0.2) is 0 Å². The van der Waals surface area contributed by atoms with E-state index in [0.717, 1.165) is 11.1 Å². The number of hydrogen-bond donors (Lipinski definition) is 2. The van der Waals surface area contributed by atoms with Gasteiger partial charge in [0.05, 0.1) is 17.9 Å². The molecule has 4 atom stereocenters. The summed E-state index contributed by atoms with van der Waals surface area (Å²) in [6.07, 6.45) is 4.86. The van der Waals surface area contributed by atoms with Crippen molar-refractivity contribution in [3.63, 3.8) is 0 Å². The number of benzene rings is 2. The summed E-state index contributed by atoms with van der Waals surface area (Å²) in [5, 5.41) is 12.3. The van der Waals surface area contributed by atoms with Gasteiger partial charge < -0.3 is 20.1 Å². The van der Waals surface area contributed by atoms with Crippen LogP contribution in [-0.2, 0) is 14.3 Å². The van der Waals surface area contributed by atoms with Crippen LogP contribution in [0.25, 0.3) is 11.1 Å². The van der Waals surface area contributed by atoms with Crippen molar-refractivity contribution < 1.29 is 24.2 Å². The van der Waals surface area contributed by atoms with Crippen LogP contribution in [-0.4, -0.2) is 53.2 Å². The molecule has 2 aliphatic carbocycles. The van der Waals surface area contributed by atoms with Crippen LogP contribution in [0.5, 0.6) is 0 Å². The van der Waals surface area contributed by atoms with Crippen LogP contribution in [0.4, 0.5) is 4.79 Å². The van der Waals surface area contributed by atoms with Gasteiger partial charge in [0.25, 0.3) is 0 Å². The normalized spacial score (nSPS) is 25.1. The van der Waals surface area contributed by atoms with Crippen LogP contribution in [0.3, 0.4) is 0 Å². The van der Waals surface area contributed by atoms with Crippen LogP contribution in [0, 0.1) is 11.8 Å². The first-order valence-corrected chi connectivity index (χ1v) is 12.3. The number of carbonyl (C=O) groups is 3. The third kappa shape index (κ3) is 4.43. The molecule has 182 valence electrons. The van der Waals surface area contributed by atoms with Crippen LogP contribution in [0.2, 0.25) is 0 Å². The molecule has 1 saturated heterocycles. The second-order valence-corrected chi connectivity index (χ2v) is 9.66. The fourth-order valence-electron chi connectivity index (χ4n) is 5.78. The van der Waals surface area contributed by atoms with Gasteiger partial charge in [-0.3, -0.25) is 9.59 Å². The largest absolute Gasteiger partial charge is 0.481 e. The molecule has 4 unspecified atom stereocenters. The highest BCUT2D eigenvalue weighted by molar-refractivity contribution is 5.83. The van der Waals surface area contributed by atoms with Crippen molar-refractivity contribution in [1.82, 2.24) is 10.2 Å². The molecule has 2 N–H and O–H groups in total. The average Bonchev–Trinajstić information content (AvgIpc) is 3.45. The van der Waals surface area contributed by atoms with Crippen molar-refractivity contribution in [2.24, 2.45) is 11.8 Å². The number of nitrogens with one attached hydrogen (secondary N) is 1. The Labute approximate surface area is 204 Å². The van der Waals surface area contributed by atoms with Crippen LogP contribution in [0.1, 0.15) is 43.2 Å². The molecule has 0 spiro atoms. The fourth-order valence-corrected chi connectivity index (χ4v) is 5.78. The van der Waals surface area contributed by atoms with Gasteiger partial charge in [-0.15, -0.1) is 0 Å². The maximum Gasteiger partial charge on any atom is 0.407 e. The molecular formula is C28H30N2O5. The number of hydrogen-bond acceptors (Lipinski definition) is 4. The van der Waals surface area contributed by atoms with Crippen LogP contribution in [0.15, 0.2) is 60.7 Å². The van der Waals surface area contributed by atoms with Gasteiger partial charge in [0.2, 0.25) is 5.91 Å². The number of fused-ring (bicyclic) bond motifs is 3. The van der Waals surface area contributed by atoms with E-state index in [0.29, 0.717) is 25.8 Å². The number of aliphatic carboxylic acids is 1. The number of rotatable bonds is 5. The molecule has 7 heteroatoms. The topological polar surface area (TPSA) is 95.9 Å². The summed E-state index contributed by atoms with van der Waals surface area (Å²) in [5.74, 6) is -1.84. The highest BCUT2D eigenvalue weighted by atomic mass is 16.5. The predicted octanol–water partition coefficient (Wildman–Crippen LogP) is 4.18. The standard InChI is InChI=1S/C28H30N2O5/c1-17-20(27(32)33)11-6-14-30(17)26(31)18-12-13-19(15-18)29-28(34)35-16-25-23-9-4-2-7-21(23)22-8-3-5-10-24(22)25/h2-5,7-10,12-13,17-20,25H,6,11,14-16H2,1H3,(H,29,34)(H,32,33). The molecular weight excluding hydrogens is 444 g/mol. The molecule has 0 aromatic heterocycles.